The Balaban J connectivity index is 1.54. The molecule has 2 aromatic carbocycles. The largest absolute Gasteiger partial charge is 0.457 e. The molecular weight excluding hydrogens is 390 g/mol. The summed E-state index contributed by atoms with van der Waals surface area (Å²) in [5.41, 5.74) is 6.19. The van der Waals surface area contributed by atoms with Crippen LogP contribution in [0.3, 0.4) is 0 Å². The number of carbonyl (C=O) groups excluding carboxylic acids is 2. The number of ether oxygens (including phenoxy) is 1. The van der Waals surface area contributed by atoms with Crippen molar-refractivity contribution in [2.24, 2.45) is 11.7 Å². The second-order valence-electron chi connectivity index (χ2n) is 8.87. The third-order valence-corrected chi connectivity index (χ3v) is 6.12. The number of nitrogens with two attached hydrogens (primary N) is 1. The number of hydrogen-bond acceptors (Lipinski definition) is 4. The van der Waals surface area contributed by atoms with Crippen LogP contribution in [0.1, 0.15) is 60.7 Å². The lowest BCUT2D eigenvalue weighted by Crippen LogP contribution is -2.54. The summed E-state index contributed by atoms with van der Waals surface area (Å²) in [7, 11) is 0. The van der Waals surface area contributed by atoms with E-state index in [1.54, 1.807) is 48.5 Å². The van der Waals surface area contributed by atoms with Crippen molar-refractivity contribution in [1.29, 1.82) is 0 Å². The first-order valence-electron chi connectivity index (χ1n) is 11.0. The lowest BCUT2D eigenvalue weighted by atomic mass is 9.91. The van der Waals surface area contributed by atoms with Gasteiger partial charge in [0, 0.05) is 29.8 Å². The van der Waals surface area contributed by atoms with Gasteiger partial charge in [0.1, 0.15) is 11.5 Å². The molecule has 1 heterocycles. The van der Waals surface area contributed by atoms with Crippen LogP contribution in [-0.4, -0.2) is 41.9 Å². The average Bonchev–Trinajstić information content (AvgIpc) is 2.78. The van der Waals surface area contributed by atoms with Gasteiger partial charge in [-0.25, -0.2) is 0 Å². The van der Waals surface area contributed by atoms with Gasteiger partial charge in [0.25, 0.3) is 5.91 Å². The summed E-state index contributed by atoms with van der Waals surface area (Å²) in [4.78, 5) is 26.3. The molecule has 1 unspecified atom stereocenters. The zero-order chi connectivity index (χ0) is 22.4. The van der Waals surface area contributed by atoms with Crippen molar-refractivity contribution >= 4 is 11.8 Å². The Bertz CT molecular complexity index is 891. The number of piperidine rings is 1. The Hall–Kier alpha value is -2.86. The van der Waals surface area contributed by atoms with Gasteiger partial charge in [0.15, 0.2) is 0 Å². The van der Waals surface area contributed by atoms with Crippen LogP contribution in [0.5, 0.6) is 11.5 Å². The average molecular weight is 424 g/mol. The summed E-state index contributed by atoms with van der Waals surface area (Å²) in [5, 5.41) is 3.09. The quantitative estimate of drug-likeness (QED) is 0.666. The van der Waals surface area contributed by atoms with Crippen molar-refractivity contribution in [2.75, 3.05) is 19.6 Å². The molecule has 3 N–H and O–H groups in total. The molecule has 31 heavy (non-hydrogen) atoms. The number of benzene rings is 2. The Morgan fingerprint density at radius 1 is 1.06 bits per heavy atom. The summed E-state index contributed by atoms with van der Waals surface area (Å²) in [6.45, 7) is 9.45. The van der Waals surface area contributed by atoms with Gasteiger partial charge in [-0.05, 0) is 87.7 Å². The number of rotatable bonds is 8. The molecule has 1 aliphatic rings. The number of amides is 2. The van der Waals surface area contributed by atoms with E-state index in [2.05, 4.69) is 31.0 Å². The van der Waals surface area contributed by atoms with E-state index in [-0.39, 0.29) is 11.4 Å². The van der Waals surface area contributed by atoms with Crippen molar-refractivity contribution in [2.45, 2.75) is 45.6 Å². The molecule has 1 saturated heterocycles. The van der Waals surface area contributed by atoms with Gasteiger partial charge in [0.05, 0.1) is 0 Å². The smallest absolute Gasteiger partial charge is 0.251 e. The summed E-state index contributed by atoms with van der Waals surface area (Å²) in [6, 6.07) is 13.6. The zero-order valence-corrected chi connectivity index (χ0v) is 18.7. The van der Waals surface area contributed by atoms with Crippen molar-refractivity contribution in [3.8, 4) is 11.5 Å². The lowest BCUT2D eigenvalue weighted by molar-refractivity contribution is 0.0612. The van der Waals surface area contributed by atoms with E-state index in [0.717, 1.165) is 19.0 Å². The molecule has 6 nitrogen and oxygen atoms in total. The second-order valence-corrected chi connectivity index (χ2v) is 8.87. The molecule has 3 rings (SSSR count). The van der Waals surface area contributed by atoms with E-state index in [4.69, 9.17) is 10.5 Å². The van der Waals surface area contributed by atoms with Gasteiger partial charge in [-0.2, -0.15) is 0 Å². The third-order valence-electron chi connectivity index (χ3n) is 6.12. The first-order chi connectivity index (χ1) is 14.8. The Morgan fingerprint density at radius 3 is 2.19 bits per heavy atom. The number of nitrogens with one attached hydrogen (secondary N) is 1. The Morgan fingerprint density at radius 2 is 1.65 bits per heavy atom. The fourth-order valence-electron chi connectivity index (χ4n) is 3.96. The molecule has 0 aliphatic carbocycles. The molecule has 1 fully saturated rings. The SMILES string of the molecule is CCC1CCCN(C(C)(C)CNC(=O)c2ccc(Oc3ccc(C(N)=O)cc3)cc2)C1. The van der Waals surface area contributed by atoms with Crippen molar-refractivity contribution in [3.63, 3.8) is 0 Å². The van der Waals surface area contributed by atoms with Crippen LogP contribution < -0.4 is 15.8 Å². The van der Waals surface area contributed by atoms with Crippen LogP contribution in [0.25, 0.3) is 0 Å². The highest BCUT2D eigenvalue weighted by atomic mass is 16.5. The first-order valence-corrected chi connectivity index (χ1v) is 11.0. The van der Waals surface area contributed by atoms with Gasteiger partial charge in [-0.1, -0.05) is 13.3 Å². The predicted molar refractivity (Wildman–Crippen MR) is 122 cm³/mol. The van der Waals surface area contributed by atoms with Crippen molar-refractivity contribution in [1.82, 2.24) is 10.2 Å². The highest BCUT2D eigenvalue weighted by Gasteiger charge is 2.31. The summed E-state index contributed by atoms with van der Waals surface area (Å²) >= 11 is 0. The molecule has 6 heteroatoms. The Kier molecular flexibility index (Phi) is 7.33. The maximum absolute atomic E-state index is 12.7. The molecule has 2 aromatic rings. The van der Waals surface area contributed by atoms with Crippen LogP contribution in [0.2, 0.25) is 0 Å². The van der Waals surface area contributed by atoms with E-state index in [1.807, 2.05) is 0 Å². The van der Waals surface area contributed by atoms with E-state index >= 15 is 0 Å². The van der Waals surface area contributed by atoms with Crippen LogP contribution in [-0.2, 0) is 0 Å². The molecule has 0 saturated carbocycles. The van der Waals surface area contributed by atoms with Crippen LogP contribution in [0.15, 0.2) is 48.5 Å². The minimum Gasteiger partial charge on any atom is -0.457 e. The second kappa shape index (κ2) is 9.96. The number of carbonyl (C=O) groups is 2. The fraction of sp³-hybridized carbons (Fsp3) is 0.440. The molecular formula is C25H33N3O3. The monoisotopic (exact) mass is 423 g/mol. The van der Waals surface area contributed by atoms with Crippen molar-refractivity contribution in [3.05, 3.63) is 59.7 Å². The molecule has 0 bridgehead atoms. The van der Waals surface area contributed by atoms with Crippen molar-refractivity contribution < 1.29 is 14.3 Å². The van der Waals surface area contributed by atoms with Gasteiger partial charge < -0.3 is 15.8 Å². The van der Waals surface area contributed by atoms with Gasteiger partial charge in [-0.3, -0.25) is 14.5 Å². The maximum atomic E-state index is 12.7. The normalized spacial score (nSPS) is 17.2. The fourth-order valence-corrected chi connectivity index (χ4v) is 3.96. The molecule has 0 spiro atoms. The van der Waals surface area contributed by atoms with Gasteiger partial charge in [-0.15, -0.1) is 0 Å². The Labute approximate surface area is 184 Å². The number of likely N-dealkylation sites (tertiary alicyclic amines) is 1. The standard InChI is InChI=1S/C25H33N3O3/c1-4-18-6-5-15-28(16-18)25(2,3)17-27-24(30)20-9-13-22(14-10-20)31-21-11-7-19(8-12-21)23(26)29/h7-14,18H,4-6,15-17H2,1-3H3,(H2,26,29)(H,27,30). The van der Waals surface area contributed by atoms with E-state index in [0.29, 0.717) is 29.2 Å². The molecule has 2 amide bonds. The zero-order valence-electron chi connectivity index (χ0n) is 18.7. The first kappa shape index (κ1) is 22.8. The van der Waals surface area contributed by atoms with E-state index < -0.39 is 5.91 Å². The van der Waals surface area contributed by atoms with E-state index in [9.17, 15) is 9.59 Å². The maximum Gasteiger partial charge on any atom is 0.251 e. The lowest BCUT2D eigenvalue weighted by Gasteiger charge is -2.43. The van der Waals surface area contributed by atoms with Crippen LogP contribution >= 0.6 is 0 Å². The van der Waals surface area contributed by atoms with E-state index in [1.165, 1.54) is 19.3 Å². The van der Waals surface area contributed by atoms with Gasteiger partial charge in [0.2, 0.25) is 5.91 Å². The van der Waals surface area contributed by atoms with Crippen LogP contribution in [0, 0.1) is 5.92 Å². The number of hydrogen-bond donors (Lipinski definition) is 2. The predicted octanol–water partition coefficient (Wildman–Crippen LogP) is 4.21. The minimum absolute atomic E-state index is 0.0797. The minimum atomic E-state index is -0.476. The molecule has 1 atom stereocenters. The molecule has 166 valence electrons. The summed E-state index contributed by atoms with van der Waals surface area (Å²) < 4.78 is 5.77. The summed E-state index contributed by atoms with van der Waals surface area (Å²) in [6.07, 6.45) is 3.74. The third kappa shape index (κ3) is 6.07. The summed E-state index contributed by atoms with van der Waals surface area (Å²) in [5.74, 6) is 1.40. The molecule has 0 radical (unpaired) electrons. The topological polar surface area (TPSA) is 84.7 Å². The highest BCUT2D eigenvalue weighted by molar-refractivity contribution is 5.94. The number of primary amides is 1. The number of nitrogens with zero attached hydrogens (tertiary/aromatic N) is 1. The molecule has 1 aliphatic heterocycles. The van der Waals surface area contributed by atoms with Crippen LogP contribution in [0.4, 0.5) is 0 Å². The molecule has 0 aromatic heterocycles. The highest BCUT2D eigenvalue weighted by Crippen LogP contribution is 2.26. The van der Waals surface area contributed by atoms with Gasteiger partial charge >= 0.3 is 0 Å².